The third kappa shape index (κ3) is 196. The smallest absolute Gasteiger partial charge is 0.344 e. The Hall–Kier alpha value is -0.360. The molecule has 0 amide bonds. The Kier molecular flexibility index (Phi) is 2.95. The molecule has 0 aliphatic carbocycles. The van der Waals surface area contributed by atoms with Crippen LogP contribution in [-0.4, -0.2) is 5.37 Å². The molecule has 0 aromatic carbocycles. The molecule has 0 aromatic rings. The lowest BCUT2D eigenvalue weighted by molar-refractivity contribution is -1.36. The van der Waals surface area contributed by atoms with Gasteiger partial charge in [-0.3, -0.25) is 0 Å². The van der Waals surface area contributed by atoms with Gasteiger partial charge in [-0.25, -0.2) is 0 Å². The lowest BCUT2D eigenvalue weighted by Gasteiger charge is -1.71. The van der Waals surface area contributed by atoms with E-state index in [-0.39, 0.29) is 6.15 Å². The number of nitrogens with zero attached hydrogens (tertiary/aromatic N) is 1. The highest BCUT2D eigenvalue weighted by Gasteiger charge is 2.30. The molecular formula is H3F4N2+. The van der Waals surface area contributed by atoms with Crippen LogP contribution >= 0.6 is 0 Å². The van der Waals surface area contributed by atoms with Crippen molar-refractivity contribution in [2.24, 2.45) is 0 Å². The molecule has 40 valence electrons. The topological polar surface area (TPSA) is 35.0 Å². The second kappa shape index (κ2) is 1.93. The van der Waals surface area contributed by atoms with Crippen LogP contribution in [0.15, 0.2) is 0 Å². The van der Waals surface area contributed by atoms with Gasteiger partial charge in [0.2, 0.25) is 0 Å². The summed E-state index contributed by atoms with van der Waals surface area (Å²) in [5, 5.41) is -5.00. The summed E-state index contributed by atoms with van der Waals surface area (Å²) in [4.78, 5) is 0. The highest BCUT2D eigenvalue weighted by molar-refractivity contribution is 2.73. The Labute approximate surface area is 30.9 Å². The summed E-state index contributed by atoms with van der Waals surface area (Å²) >= 11 is 0. The molecule has 0 aliphatic rings. The van der Waals surface area contributed by atoms with Crippen molar-refractivity contribution in [1.29, 1.82) is 0 Å². The highest BCUT2D eigenvalue weighted by atomic mass is 19.7. The van der Waals surface area contributed by atoms with Gasteiger partial charge in [-0.15, -0.1) is 0 Å². The Morgan fingerprint density at radius 2 is 0.833 bits per heavy atom. The van der Waals surface area contributed by atoms with E-state index in [2.05, 4.69) is 0 Å². The van der Waals surface area contributed by atoms with Gasteiger partial charge in [0.15, 0.2) is 0 Å². The molecule has 0 unspecified atom stereocenters. The molecule has 0 spiro atoms. The molecule has 6 heteroatoms. The van der Waals surface area contributed by atoms with Crippen molar-refractivity contribution in [3.63, 3.8) is 0 Å². The minimum Gasteiger partial charge on any atom is -0.344 e. The Morgan fingerprint density at radius 3 is 0.833 bits per heavy atom. The fourth-order valence-corrected chi connectivity index (χ4v) is 0. The number of halogens is 4. The van der Waals surface area contributed by atoms with Crippen molar-refractivity contribution in [1.82, 2.24) is 6.15 Å². The summed E-state index contributed by atoms with van der Waals surface area (Å²) in [5.74, 6) is 0. The van der Waals surface area contributed by atoms with Gasteiger partial charge >= 0.3 is 5.37 Å². The van der Waals surface area contributed by atoms with Gasteiger partial charge in [0, 0.05) is 0 Å². The molecule has 6 heavy (non-hydrogen) atoms. The summed E-state index contributed by atoms with van der Waals surface area (Å²) in [6, 6.07) is 0. The lowest BCUT2D eigenvalue weighted by Crippen LogP contribution is -1.99. The Bertz CT molecular complexity index is 21.0. The molecule has 0 rings (SSSR count). The summed E-state index contributed by atoms with van der Waals surface area (Å²) in [5.41, 5.74) is 0. The largest absolute Gasteiger partial charge is 0.440 e. The molecule has 0 heterocycles. The van der Waals surface area contributed by atoms with Crippen LogP contribution in [0.4, 0.5) is 17.9 Å². The maximum absolute atomic E-state index is 9.62. The fraction of sp³-hybridized carbons (Fsp3) is 0. The average Bonchev–Trinajstić information content (AvgIpc) is 0.722. The fourth-order valence-electron chi connectivity index (χ4n) is 0. The van der Waals surface area contributed by atoms with E-state index >= 15 is 0 Å². The monoisotopic (exact) mass is 107 g/mol. The van der Waals surface area contributed by atoms with Crippen LogP contribution in [-0.2, 0) is 0 Å². The van der Waals surface area contributed by atoms with Crippen LogP contribution in [0.1, 0.15) is 0 Å². The predicted molar refractivity (Wildman–Crippen MR) is 9.71 cm³/mol. The first-order valence-corrected chi connectivity index (χ1v) is 0.676. The summed E-state index contributed by atoms with van der Waals surface area (Å²) in [7, 11) is 0. The summed E-state index contributed by atoms with van der Waals surface area (Å²) in [6.45, 7) is 0. The van der Waals surface area contributed by atoms with Crippen molar-refractivity contribution in [2.75, 3.05) is 0 Å². The zero-order valence-corrected chi connectivity index (χ0v) is 2.67. The van der Waals surface area contributed by atoms with Crippen molar-refractivity contribution in [2.45, 2.75) is 0 Å². The molecule has 0 fully saturated rings. The van der Waals surface area contributed by atoms with Gasteiger partial charge in [0.25, 0.3) is 0 Å². The molecule has 0 aliphatic heterocycles. The van der Waals surface area contributed by atoms with Crippen LogP contribution in [0.5, 0.6) is 0 Å². The molecular weight excluding hydrogens is 104 g/mol. The first-order valence-electron chi connectivity index (χ1n) is 0.676. The average molecular weight is 107 g/mol. The molecule has 0 aromatic heterocycles. The molecule has 2 nitrogen and oxygen atoms in total. The third-order valence-electron chi connectivity index (χ3n) is 0. The van der Waals surface area contributed by atoms with Crippen molar-refractivity contribution in [3.05, 3.63) is 0 Å². The first kappa shape index (κ1) is 9.16. The van der Waals surface area contributed by atoms with Gasteiger partial charge in [-0.1, -0.05) is 0 Å². The van der Waals surface area contributed by atoms with E-state index in [0.717, 1.165) is 0 Å². The van der Waals surface area contributed by atoms with Gasteiger partial charge in [-0.05, 0) is 0 Å². The maximum atomic E-state index is 9.62. The highest BCUT2D eigenvalue weighted by Crippen LogP contribution is 2.08. The van der Waals surface area contributed by atoms with E-state index < -0.39 is 5.37 Å². The van der Waals surface area contributed by atoms with Gasteiger partial charge < -0.3 is 6.15 Å². The lowest BCUT2D eigenvalue weighted by atomic mass is 13.3. The summed E-state index contributed by atoms with van der Waals surface area (Å²) < 4.78 is 38.5. The first-order chi connectivity index (χ1) is 2.00. The number of quaternary nitrogens is 1. The molecule has 0 atom stereocenters. The third-order valence-corrected chi connectivity index (χ3v) is 0. The van der Waals surface area contributed by atoms with Crippen LogP contribution < -0.4 is 6.15 Å². The van der Waals surface area contributed by atoms with Crippen molar-refractivity contribution in [3.8, 4) is 0 Å². The van der Waals surface area contributed by atoms with Gasteiger partial charge in [0.05, 0.1) is 0 Å². The van der Waals surface area contributed by atoms with E-state index in [0.29, 0.717) is 0 Å². The Morgan fingerprint density at radius 1 is 0.833 bits per heavy atom. The standard InChI is InChI=1S/F4N.H3N/c1-5(2,3)4;/h;1H3/q+1;. The zero-order valence-electron chi connectivity index (χ0n) is 2.67. The molecule has 0 saturated heterocycles. The number of hydrogen-bond donors (Lipinski definition) is 1. The zero-order chi connectivity index (χ0) is 4.50. The van der Waals surface area contributed by atoms with Crippen molar-refractivity contribution < 1.29 is 23.3 Å². The van der Waals surface area contributed by atoms with Crippen LogP contribution in [0.3, 0.4) is 0 Å². The minimum atomic E-state index is -5.00. The number of hydrogen-bond acceptors (Lipinski definition) is 1. The maximum Gasteiger partial charge on any atom is 0.440 e. The second-order valence-electron chi connectivity index (χ2n) is 0.383. The van der Waals surface area contributed by atoms with E-state index in [9.17, 15) is 17.9 Å². The van der Waals surface area contributed by atoms with Gasteiger partial charge in [0.1, 0.15) is 17.9 Å². The van der Waals surface area contributed by atoms with E-state index in [1.54, 1.807) is 0 Å². The second-order valence-corrected chi connectivity index (χ2v) is 0.383. The quantitative estimate of drug-likeness (QED) is 0.369. The van der Waals surface area contributed by atoms with Crippen LogP contribution in [0.25, 0.3) is 0 Å². The summed E-state index contributed by atoms with van der Waals surface area (Å²) in [6.07, 6.45) is 0. The van der Waals surface area contributed by atoms with E-state index in [1.165, 1.54) is 0 Å². The molecule has 3 N–H and O–H groups in total. The van der Waals surface area contributed by atoms with E-state index in [1.807, 2.05) is 0 Å². The SMILES string of the molecule is F[N+](F)(F)F.N. The molecule has 0 bridgehead atoms. The van der Waals surface area contributed by atoms with Crippen LogP contribution in [0, 0.1) is 0 Å². The van der Waals surface area contributed by atoms with Crippen LogP contribution in [0.2, 0.25) is 0 Å². The van der Waals surface area contributed by atoms with E-state index in [4.69, 9.17) is 0 Å². The van der Waals surface area contributed by atoms with Crippen molar-refractivity contribution >= 4 is 0 Å². The molecule has 0 radical (unpaired) electrons. The Balaban J connectivity index is 0. The normalized spacial score (nSPS) is 10.0. The number of rotatable bonds is 0. The van der Waals surface area contributed by atoms with Gasteiger partial charge in [-0.2, -0.15) is 0 Å². The molecule has 0 saturated carbocycles. The minimum absolute atomic E-state index is 0. The predicted octanol–water partition coefficient (Wildman–Crippen LogP) is 1.50.